The van der Waals surface area contributed by atoms with Crippen LogP contribution in [-0.4, -0.2) is 34.4 Å². The molecule has 2 N–H and O–H groups in total. The molecule has 0 aliphatic carbocycles. The number of allylic oxidation sites excluding steroid dienone is 1. The van der Waals surface area contributed by atoms with E-state index in [-0.39, 0.29) is 5.41 Å². The normalized spacial score (nSPS) is 15.7. The summed E-state index contributed by atoms with van der Waals surface area (Å²) in [6, 6.07) is 14.6. The Kier molecular flexibility index (Phi) is 3.83. The first kappa shape index (κ1) is 16.5. The zero-order valence-electron chi connectivity index (χ0n) is 15.6. The zero-order valence-corrected chi connectivity index (χ0v) is 15.6. The van der Waals surface area contributed by atoms with Gasteiger partial charge in [0.05, 0.1) is 29.6 Å². The van der Waals surface area contributed by atoms with E-state index >= 15 is 0 Å². The second-order valence-electron chi connectivity index (χ2n) is 7.17. The third-order valence-corrected chi connectivity index (χ3v) is 5.27. The Morgan fingerprint density at radius 1 is 1.04 bits per heavy atom. The number of H-pyrrole nitrogens is 2. The number of fused-ring (bicyclic) bond motifs is 1. The first-order chi connectivity index (χ1) is 12.5. The SMILES string of the molecule is COc1cc(-c2ccc[nH]2)[nH]c1/C=C/C1=[N+](C)c2ccccc2C1(C)C. The summed E-state index contributed by atoms with van der Waals surface area (Å²) in [5, 5.41) is 0. The Labute approximate surface area is 153 Å². The molecule has 0 bridgehead atoms. The fourth-order valence-electron chi connectivity index (χ4n) is 3.85. The molecule has 0 atom stereocenters. The van der Waals surface area contributed by atoms with Crippen molar-refractivity contribution in [1.29, 1.82) is 0 Å². The lowest BCUT2D eigenvalue weighted by Crippen LogP contribution is -2.26. The highest BCUT2D eigenvalue weighted by Crippen LogP contribution is 2.39. The van der Waals surface area contributed by atoms with Crippen molar-refractivity contribution in [2.45, 2.75) is 19.3 Å². The second-order valence-corrected chi connectivity index (χ2v) is 7.17. The maximum atomic E-state index is 5.56. The maximum Gasteiger partial charge on any atom is 0.209 e. The standard InChI is InChI=1S/C22H23N3O/c1-22(2)15-8-5-6-10-19(15)25(3)21(22)12-11-17-20(26-4)14-18(24-17)16-9-7-13-23-16/h5-14H,1-4H3,(H,23,24)/p+1. The van der Waals surface area contributed by atoms with Crippen molar-refractivity contribution in [1.82, 2.24) is 9.97 Å². The molecule has 0 saturated heterocycles. The van der Waals surface area contributed by atoms with Crippen LogP contribution in [0, 0.1) is 0 Å². The zero-order chi connectivity index (χ0) is 18.3. The molecule has 26 heavy (non-hydrogen) atoms. The van der Waals surface area contributed by atoms with Crippen molar-refractivity contribution in [3.63, 3.8) is 0 Å². The van der Waals surface area contributed by atoms with Gasteiger partial charge in [0.15, 0.2) is 5.71 Å². The van der Waals surface area contributed by atoms with Crippen molar-refractivity contribution in [3.8, 4) is 17.1 Å². The average molecular weight is 346 g/mol. The lowest BCUT2D eigenvalue weighted by Gasteiger charge is -2.15. The first-order valence-corrected chi connectivity index (χ1v) is 8.82. The summed E-state index contributed by atoms with van der Waals surface area (Å²) < 4.78 is 7.83. The molecule has 0 saturated carbocycles. The van der Waals surface area contributed by atoms with Crippen LogP contribution in [0.25, 0.3) is 17.5 Å². The van der Waals surface area contributed by atoms with Gasteiger partial charge in [-0.2, -0.15) is 4.58 Å². The molecule has 1 aliphatic rings. The number of hydrogen-bond donors (Lipinski definition) is 2. The molecule has 0 radical (unpaired) electrons. The predicted molar refractivity (Wildman–Crippen MR) is 106 cm³/mol. The number of nitrogens with one attached hydrogen (secondary N) is 2. The van der Waals surface area contributed by atoms with Crippen LogP contribution in [-0.2, 0) is 5.41 Å². The minimum absolute atomic E-state index is 0.0377. The predicted octanol–water partition coefficient (Wildman–Crippen LogP) is 4.74. The van der Waals surface area contributed by atoms with Gasteiger partial charge in [-0.15, -0.1) is 0 Å². The highest BCUT2D eigenvalue weighted by molar-refractivity contribution is 6.05. The molecule has 1 aromatic carbocycles. The summed E-state index contributed by atoms with van der Waals surface area (Å²) >= 11 is 0. The Hall–Kier alpha value is -3.01. The number of benzene rings is 1. The fourth-order valence-corrected chi connectivity index (χ4v) is 3.85. The van der Waals surface area contributed by atoms with Crippen molar-refractivity contribution in [2.75, 3.05) is 14.2 Å². The van der Waals surface area contributed by atoms with E-state index in [1.54, 1.807) is 7.11 Å². The van der Waals surface area contributed by atoms with E-state index < -0.39 is 0 Å². The first-order valence-electron chi connectivity index (χ1n) is 8.82. The lowest BCUT2D eigenvalue weighted by atomic mass is 9.81. The van der Waals surface area contributed by atoms with Gasteiger partial charge in [-0.3, -0.25) is 0 Å². The Morgan fingerprint density at radius 3 is 2.54 bits per heavy atom. The highest BCUT2D eigenvalue weighted by atomic mass is 16.5. The molecule has 2 aromatic heterocycles. The lowest BCUT2D eigenvalue weighted by molar-refractivity contribution is -0.401. The molecule has 0 unspecified atom stereocenters. The van der Waals surface area contributed by atoms with Crippen LogP contribution in [0.1, 0.15) is 25.1 Å². The molecule has 4 heteroatoms. The monoisotopic (exact) mass is 346 g/mol. The van der Waals surface area contributed by atoms with Gasteiger partial charge in [0.2, 0.25) is 5.69 Å². The van der Waals surface area contributed by atoms with Crippen molar-refractivity contribution in [2.24, 2.45) is 0 Å². The van der Waals surface area contributed by atoms with Gasteiger partial charge in [-0.25, -0.2) is 0 Å². The van der Waals surface area contributed by atoms with Gasteiger partial charge >= 0.3 is 0 Å². The number of methoxy groups -OCH3 is 1. The molecule has 0 fully saturated rings. The summed E-state index contributed by atoms with van der Waals surface area (Å²) in [6.07, 6.45) is 6.21. The third-order valence-electron chi connectivity index (χ3n) is 5.27. The molecular weight excluding hydrogens is 322 g/mol. The maximum absolute atomic E-state index is 5.56. The van der Waals surface area contributed by atoms with Crippen LogP contribution in [0.3, 0.4) is 0 Å². The quantitative estimate of drug-likeness (QED) is 0.659. The van der Waals surface area contributed by atoms with Gasteiger partial charge in [0.25, 0.3) is 0 Å². The van der Waals surface area contributed by atoms with Gasteiger partial charge in [0, 0.05) is 30.0 Å². The van der Waals surface area contributed by atoms with Gasteiger partial charge in [-0.05, 0) is 32.1 Å². The topological polar surface area (TPSA) is 43.8 Å². The number of hydrogen-bond acceptors (Lipinski definition) is 1. The van der Waals surface area contributed by atoms with Gasteiger partial charge < -0.3 is 14.7 Å². The number of aromatic amines is 2. The molecule has 3 aromatic rings. The van der Waals surface area contributed by atoms with Gasteiger partial charge in [0.1, 0.15) is 12.8 Å². The summed E-state index contributed by atoms with van der Waals surface area (Å²) in [5.74, 6) is 0.836. The number of para-hydroxylation sites is 1. The van der Waals surface area contributed by atoms with E-state index in [1.165, 1.54) is 17.0 Å². The Bertz CT molecular complexity index is 1000. The molecule has 3 heterocycles. The molecule has 0 amide bonds. The second kappa shape index (κ2) is 6.06. The average Bonchev–Trinajstić information content (AvgIpc) is 3.33. The van der Waals surface area contributed by atoms with E-state index in [2.05, 4.69) is 71.9 Å². The van der Waals surface area contributed by atoms with Crippen LogP contribution in [0.15, 0.2) is 54.7 Å². The molecule has 1 aliphatic heterocycles. The number of rotatable bonds is 4. The van der Waals surface area contributed by atoms with Gasteiger partial charge in [-0.1, -0.05) is 18.2 Å². The van der Waals surface area contributed by atoms with Crippen LogP contribution in [0.2, 0.25) is 0 Å². The van der Waals surface area contributed by atoms with Crippen LogP contribution in [0.4, 0.5) is 5.69 Å². The molecule has 4 nitrogen and oxygen atoms in total. The van der Waals surface area contributed by atoms with Crippen LogP contribution < -0.4 is 4.74 Å². The molecule has 4 rings (SSSR count). The largest absolute Gasteiger partial charge is 0.494 e. The van der Waals surface area contributed by atoms with Crippen LogP contribution in [0.5, 0.6) is 5.75 Å². The minimum Gasteiger partial charge on any atom is -0.494 e. The van der Waals surface area contributed by atoms with Crippen molar-refractivity contribution >= 4 is 17.5 Å². The molecular formula is C22H24N3O+. The molecule has 0 spiro atoms. The van der Waals surface area contributed by atoms with E-state index in [0.29, 0.717) is 0 Å². The van der Waals surface area contributed by atoms with E-state index in [9.17, 15) is 0 Å². The van der Waals surface area contributed by atoms with Crippen molar-refractivity contribution in [3.05, 3.63) is 66.0 Å². The Balaban J connectivity index is 1.72. The number of ether oxygens (including phenoxy) is 1. The summed E-state index contributed by atoms with van der Waals surface area (Å²) in [7, 11) is 3.83. The fraction of sp³-hybridized carbons (Fsp3) is 0.227. The summed E-state index contributed by atoms with van der Waals surface area (Å²) in [4.78, 5) is 6.67. The smallest absolute Gasteiger partial charge is 0.209 e. The highest BCUT2D eigenvalue weighted by Gasteiger charge is 2.42. The molecule has 132 valence electrons. The Morgan fingerprint density at radius 2 is 1.85 bits per heavy atom. The van der Waals surface area contributed by atoms with Crippen molar-refractivity contribution < 1.29 is 9.31 Å². The van der Waals surface area contributed by atoms with E-state index in [0.717, 1.165) is 22.8 Å². The number of aromatic nitrogens is 2. The van der Waals surface area contributed by atoms with E-state index in [4.69, 9.17) is 4.74 Å². The van der Waals surface area contributed by atoms with Crippen LogP contribution >= 0.6 is 0 Å². The third kappa shape index (κ3) is 2.49. The van der Waals surface area contributed by atoms with E-state index in [1.807, 2.05) is 24.4 Å². The summed E-state index contributed by atoms with van der Waals surface area (Å²) in [5.41, 5.74) is 6.86. The number of nitrogens with zero attached hydrogens (tertiary/aromatic N) is 1. The summed E-state index contributed by atoms with van der Waals surface area (Å²) in [6.45, 7) is 4.54. The minimum atomic E-state index is -0.0377.